The molecule has 0 N–H and O–H groups in total. The monoisotopic (exact) mass is 390 g/mol. The highest BCUT2D eigenvalue weighted by molar-refractivity contribution is 6.67. The van der Waals surface area contributed by atoms with Gasteiger partial charge in [-0.2, -0.15) is 13.2 Å². The Bertz CT molecular complexity index is 848. The molecule has 0 aliphatic rings. The second kappa shape index (κ2) is 7.65. The van der Waals surface area contributed by atoms with Crippen LogP contribution >= 0.6 is 23.2 Å². The van der Waals surface area contributed by atoms with E-state index in [2.05, 4.69) is 9.90 Å². The number of alkyl halides is 4. The predicted octanol–water partition coefficient (Wildman–Crippen LogP) is 5.20. The summed E-state index contributed by atoms with van der Waals surface area (Å²) < 4.78 is 37.5. The number of nitrogens with zero attached hydrogens (tertiary/aromatic N) is 3. The second-order valence-electron chi connectivity index (χ2n) is 4.77. The molecule has 0 spiro atoms. The van der Waals surface area contributed by atoms with Gasteiger partial charge in [-0.15, -0.1) is 0 Å². The van der Waals surface area contributed by atoms with Crippen molar-refractivity contribution < 1.29 is 22.9 Å². The van der Waals surface area contributed by atoms with E-state index in [0.29, 0.717) is 5.56 Å². The molecule has 0 heterocycles. The van der Waals surface area contributed by atoms with Crippen LogP contribution in [0.2, 0.25) is 0 Å². The zero-order valence-electron chi connectivity index (χ0n) is 12.2. The van der Waals surface area contributed by atoms with Gasteiger partial charge in [-0.25, -0.2) is 0 Å². The van der Waals surface area contributed by atoms with Crippen molar-refractivity contribution in [2.24, 2.45) is 5.11 Å². The minimum Gasteiger partial charge on any atom is -0.258 e. The summed E-state index contributed by atoms with van der Waals surface area (Å²) in [5.41, 5.74) is -1.48. The lowest BCUT2D eigenvalue weighted by molar-refractivity contribution is -0.384. The van der Waals surface area contributed by atoms with Gasteiger partial charge in [0.15, 0.2) is 0 Å². The van der Waals surface area contributed by atoms with Crippen LogP contribution in [-0.2, 0) is 6.18 Å². The summed E-state index contributed by atoms with van der Waals surface area (Å²) in [7, 11) is 0. The summed E-state index contributed by atoms with van der Waals surface area (Å²) in [4.78, 5) is 13.8. The molecule has 0 aliphatic heterocycles. The quantitative estimate of drug-likeness (QED) is 0.137. The lowest BCUT2D eigenvalue weighted by Gasteiger charge is -2.06. The molecule has 130 valence electrons. The molecule has 5 nitrogen and oxygen atoms in total. The second-order valence-corrected chi connectivity index (χ2v) is 5.54. The Morgan fingerprint density at radius 3 is 2.40 bits per heavy atom. The van der Waals surface area contributed by atoms with Crippen LogP contribution in [0.3, 0.4) is 0 Å². The van der Waals surface area contributed by atoms with E-state index < -0.39 is 22.2 Å². The number of hydrogen-bond donors (Lipinski definition) is 0. The molecular formula is C15H9Cl2F3N3O2+. The van der Waals surface area contributed by atoms with Crippen LogP contribution < -0.4 is 0 Å². The third-order valence-electron chi connectivity index (χ3n) is 3.06. The van der Waals surface area contributed by atoms with Crippen LogP contribution in [0, 0.1) is 10.1 Å². The highest BCUT2D eigenvalue weighted by atomic mass is 35.5. The summed E-state index contributed by atoms with van der Waals surface area (Å²) in [6.45, 7) is 0. The van der Waals surface area contributed by atoms with Crippen LogP contribution in [0.25, 0.3) is 0 Å². The molecule has 0 saturated carbocycles. The molecule has 0 fully saturated rings. The van der Waals surface area contributed by atoms with E-state index in [4.69, 9.17) is 23.2 Å². The molecule has 0 saturated heterocycles. The highest BCUT2D eigenvalue weighted by Crippen LogP contribution is 2.31. The van der Waals surface area contributed by atoms with E-state index in [9.17, 15) is 23.3 Å². The van der Waals surface area contributed by atoms with Gasteiger partial charge in [0.05, 0.1) is 20.8 Å². The summed E-state index contributed by atoms with van der Waals surface area (Å²) >= 11 is 11.9. The zero-order chi connectivity index (χ0) is 18.6. The van der Waals surface area contributed by atoms with E-state index >= 15 is 0 Å². The average molecular weight is 391 g/mol. The van der Waals surface area contributed by atoms with E-state index in [0.717, 1.165) is 12.1 Å². The van der Waals surface area contributed by atoms with Crippen LogP contribution in [0.15, 0.2) is 53.6 Å². The molecule has 2 aromatic rings. The Balaban J connectivity index is 2.23. The maximum Gasteiger partial charge on any atom is 0.441 e. The minimum atomic E-state index is -4.44. The number of halogens is 5. The third kappa shape index (κ3) is 5.03. The average Bonchev–Trinajstić information content (AvgIpc) is 2.58. The van der Waals surface area contributed by atoms with Gasteiger partial charge in [0.1, 0.15) is 5.11 Å². The Kier molecular flexibility index (Phi) is 5.79. The molecule has 0 aromatic heterocycles. The van der Waals surface area contributed by atoms with E-state index in [1.807, 2.05) is 0 Å². The Morgan fingerprint density at radius 2 is 1.84 bits per heavy atom. The molecule has 10 heteroatoms. The first-order chi connectivity index (χ1) is 11.7. The van der Waals surface area contributed by atoms with Gasteiger partial charge in [-0.05, 0) is 23.8 Å². The number of hydrogen-bond acceptors (Lipinski definition) is 3. The van der Waals surface area contributed by atoms with Crippen molar-refractivity contribution in [3.63, 3.8) is 0 Å². The Morgan fingerprint density at radius 1 is 1.20 bits per heavy atom. The van der Waals surface area contributed by atoms with Crippen molar-refractivity contribution in [3.8, 4) is 0 Å². The summed E-state index contributed by atoms with van der Waals surface area (Å²) in [5.74, 6) is 0. The Hall–Kier alpha value is -2.41. The van der Waals surface area contributed by atoms with Gasteiger partial charge in [-0.1, -0.05) is 29.8 Å². The lowest BCUT2D eigenvalue weighted by Crippen LogP contribution is -2.04. The number of nitro groups is 1. The number of non-ortho nitro benzene ring substituents is 1. The molecule has 0 radical (unpaired) electrons. The number of nitro benzene ring substituents is 1. The standard InChI is InChI=1S/C15H9Cl2F3N3O2/c16-13(9-4-6-11(7-5-9)15(18,19)20)21-22-14(17)10-2-1-3-12(8-10)23(24)25/h1-8,13H/q+1. The van der Waals surface area contributed by atoms with Crippen LogP contribution in [0.1, 0.15) is 22.2 Å². The molecule has 2 rings (SSSR count). The van der Waals surface area contributed by atoms with Gasteiger partial charge in [0.2, 0.25) is 5.50 Å². The first-order valence-electron chi connectivity index (χ1n) is 6.68. The molecule has 2 aromatic carbocycles. The molecule has 25 heavy (non-hydrogen) atoms. The van der Waals surface area contributed by atoms with Gasteiger partial charge < -0.3 is 0 Å². The minimum absolute atomic E-state index is 0.138. The van der Waals surface area contributed by atoms with Crippen LogP contribution in [0.5, 0.6) is 0 Å². The van der Waals surface area contributed by atoms with Crippen LogP contribution in [0.4, 0.5) is 18.9 Å². The van der Waals surface area contributed by atoms with E-state index in [-0.39, 0.29) is 16.4 Å². The van der Waals surface area contributed by atoms with E-state index in [1.54, 1.807) is 0 Å². The first-order valence-corrected chi connectivity index (χ1v) is 7.49. The largest absolute Gasteiger partial charge is 0.441 e. The Labute approximate surface area is 149 Å². The lowest BCUT2D eigenvalue weighted by atomic mass is 10.1. The number of benzene rings is 2. The maximum atomic E-state index is 12.5. The SMILES string of the molecule is O=[N+]([O-])c1cccc(C(Cl)=[N+]=NC(Cl)c2ccc(C(F)(F)F)cc2)c1. The molecule has 1 atom stereocenters. The predicted molar refractivity (Wildman–Crippen MR) is 85.8 cm³/mol. The van der Waals surface area contributed by atoms with Crippen molar-refractivity contribution in [1.82, 2.24) is 0 Å². The van der Waals surface area contributed by atoms with Crippen molar-refractivity contribution in [1.29, 1.82) is 0 Å². The molecule has 0 amide bonds. The molecule has 0 aliphatic carbocycles. The van der Waals surface area contributed by atoms with E-state index in [1.165, 1.54) is 36.4 Å². The summed E-state index contributed by atoms with van der Waals surface area (Å²) in [6, 6.07) is 9.55. The van der Waals surface area contributed by atoms with Gasteiger partial charge in [0.25, 0.3) is 5.69 Å². The van der Waals surface area contributed by atoms with Crippen molar-refractivity contribution in [2.75, 3.05) is 0 Å². The zero-order valence-corrected chi connectivity index (χ0v) is 13.8. The molecule has 1 unspecified atom stereocenters. The fourth-order valence-electron chi connectivity index (χ4n) is 1.80. The van der Waals surface area contributed by atoms with Crippen molar-refractivity contribution >= 4 is 34.1 Å². The smallest absolute Gasteiger partial charge is 0.258 e. The normalized spacial score (nSPS) is 12.2. The first kappa shape index (κ1) is 18.9. The van der Waals surface area contributed by atoms with Crippen molar-refractivity contribution in [2.45, 2.75) is 11.7 Å². The van der Waals surface area contributed by atoms with Gasteiger partial charge in [-0.3, -0.25) is 10.1 Å². The van der Waals surface area contributed by atoms with Gasteiger partial charge in [0, 0.05) is 23.7 Å². The third-order valence-corrected chi connectivity index (χ3v) is 3.69. The number of rotatable bonds is 4. The summed E-state index contributed by atoms with van der Waals surface area (Å²) in [6.07, 6.45) is -4.44. The summed E-state index contributed by atoms with van der Waals surface area (Å²) in [5, 5.41) is 14.3. The topological polar surface area (TPSA) is 69.6 Å². The maximum absolute atomic E-state index is 12.5. The van der Waals surface area contributed by atoms with Crippen molar-refractivity contribution in [3.05, 3.63) is 75.3 Å². The fraction of sp³-hybridized carbons (Fsp3) is 0.133. The fourth-order valence-corrected chi connectivity index (χ4v) is 2.15. The van der Waals surface area contributed by atoms with Gasteiger partial charge >= 0.3 is 11.3 Å². The molecular weight excluding hydrogens is 382 g/mol. The highest BCUT2D eigenvalue weighted by Gasteiger charge is 2.30. The molecule has 0 bridgehead atoms. The van der Waals surface area contributed by atoms with Crippen LogP contribution in [-0.4, -0.2) is 14.9 Å².